The highest BCUT2D eigenvalue weighted by Gasteiger charge is 2.27. The zero-order valence-electron chi connectivity index (χ0n) is 24.7. The van der Waals surface area contributed by atoms with Crippen molar-refractivity contribution in [3.05, 3.63) is 84.9 Å². The number of hydrogen-bond acceptors (Lipinski definition) is 15. The minimum Gasteiger partial charge on any atom is -0.505 e. The number of benzene rings is 5. The predicted octanol–water partition coefficient (Wildman–Crippen LogP) is 5.23. The van der Waals surface area contributed by atoms with Gasteiger partial charge in [-0.25, -0.2) is 0 Å². The maximum atomic E-state index is 12.5. The fraction of sp³-hybridized carbons (Fsp3) is 0. The van der Waals surface area contributed by atoms with Crippen molar-refractivity contribution >= 4 is 86.5 Å². The second-order valence-electron chi connectivity index (χ2n) is 10.3. The number of fused-ring (bicyclic) bond motifs is 2. The molecule has 0 radical (unpaired) electrons. The lowest BCUT2D eigenvalue weighted by Crippen LogP contribution is -2.06. The number of nitrogens with one attached hydrogen (secondary N) is 2. The number of phenols is 1. The summed E-state index contributed by atoms with van der Waals surface area (Å²) in [5.41, 5.74) is -1.31. The van der Waals surface area contributed by atoms with E-state index in [-0.39, 0.29) is 16.7 Å². The summed E-state index contributed by atoms with van der Waals surface area (Å²) in [5, 5.41) is 34.2. The first-order valence-electron chi connectivity index (χ1n) is 13.7. The Morgan fingerprint density at radius 2 is 1.28 bits per heavy atom. The van der Waals surface area contributed by atoms with E-state index in [1.165, 1.54) is 18.2 Å². The van der Waals surface area contributed by atoms with Gasteiger partial charge in [-0.2, -0.15) is 40.2 Å². The highest BCUT2D eigenvalue weighted by atomic mass is 32.2. The molecule has 0 amide bonds. The van der Waals surface area contributed by atoms with Crippen LogP contribution in [0.2, 0.25) is 0 Å². The lowest BCUT2D eigenvalue weighted by Gasteiger charge is -2.15. The molecule has 7 N–H and O–H groups in total. The van der Waals surface area contributed by atoms with Crippen LogP contribution in [0.3, 0.4) is 0 Å². The lowest BCUT2D eigenvalue weighted by molar-refractivity contribution is 0.430. The molecular formula is C29H21N7O11S3. The maximum absolute atomic E-state index is 12.5. The summed E-state index contributed by atoms with van der Waals surface area (Å²) in [5.74, 6) is -1.66. The predicted molar refractivity (Wildman–Crippen MR) is 178 cm³/mol. The third-order valence-electron chi connectivity index (χ3n) is 6.97. The number of azo groups is 1. The summed E-state index contributed by atoms with van der Waals surface area (Å²) in [4.78, 5) is 9.02. The quantitative estimate of drug-likeness (QED) is 0.0737. The van der Waals surface area contributed by atoms with Gasteiger partial charge in [-0.05, 0) is 47.2 Å². The molecule has 0 bridgehead atoms. The van der Waals surface area contributed by atoms with Gasteiger partial charge in [-0.15, -0.1) is 10.2 Å². The number of aromatic hydroxyl groups is 2. The van der Waals surface area contributed by atoms with Gasteiger partial charge in [-0.1, -0.05) is 48.5 Å². The van der Waals surface area contributed by atoms with Crippen molar-refractivity contribution < 1.29 is 49.1 Å². The first kappa shape index (κ1) is 34.0. The minimum atomic E-state index is -5.27. The van der Waals surface area contributed by atoms with Crippen LogP contribution in [0.4, 0.5) is 34.6 Å². The zero-order valence-corrected chi connectivity index (χ0v) is 27.2. The third-order valence-corrected chi connectivity index (χ3v) is 9.62. The SMILES string of the molecule is O=S(=O)(O)c1cc(Nc2nc(O)nc(Nc3ccccc3)n2)c2c(O)c(N=Nc3ccc4ccccc4c3S(=O)(=O)O)c(S(=O)(=O)O)cc2c1. The number of hydrogen-bond donors (Lipinski definition) is 7. The Morgan fingerprint density at radius 3 is 1.94 bits per heavy atom. The number of phenolic OH excluding ortho intramolecular Hbond substituents is 1. The van der Waals surface area contributed by atoms with Crippen molar-refractivity contribution in [2.24, 2.45) is 10.2 Å². The molecule has 0 spiro atoms. The van der Waals surface area contributed by atoms with Crippen molar-refractivity contribution in [1.29, 1.82) is 0 Å². The van der Waals surface area contributed by atoms with Crippen LogP contribution in [0, 0.1) is 0 Å². The number of para-hydroxylation sites is 1. The van der Waals surface area contributed by atoms with Gasteiger partial charge < -0.3 is 20.8 Å². The number of aromatic nitrogens is 3. The highest BCUT2D eigenvalue weighted by molar-refractivity contribution is 7.86. The van der Waals surface area contributed by atoms with Crippen LogP contribution in [0.15, 0.2) is 110 Å². The summed E-state index contributed by atoms with van der Waals surface area (Å²) in [6.07, 6.45) is 0. The largest absolute Gasteiger partial charge is 0.505 e. The molecule has 0 saturated heterocycles. The van der Waals surface area contributed by atoms with E-state index in [0.717, 1.165) is 18.2 Å². The molecule has 18 nitrogen and oxygen atoms in total. The summed E-state index contributed by atoms with van der Waals surface area (Å²) in [6, 6.07) is 18.6. The molecule has 6 rings (SSSR count). The van der Waals surface area contributed by atoms with Crippen LogP contribution < -0.4 is 10.6 Å². The summed E-state index contributed by atoms with van der Waals surface area (Å²) < 4.78 is 104. The van der Waals surface area contributed by atoms with E-state index in [2.05, 4.69) is 35.8 Å². The Bertz CT molecular complexity index is 2710. The molecule has 50 heavy (non-hydrogen) atoms. The van der Waals surface area contributed by atoms with Crippen LogP contribution in [0.25, 0.3) is 21.5 Å². The number of anilines is 4. The second kappa shape index (κ2) is 12.6. The Hall–Kier alpha value is -5.84. The van der Waals surface area contributed by atoms with Crippen molar-refractivity contribution in [3.63, 3.8) is 0 Å². The van der Waals surface area contributed by atoms with Gasteiger partial charge in [0.2, 0.25) is 11.9 Å². The average molecular weight is 740 g/mol. The fourth-order valence-electron chi connectivity index (χ4n) is 4.93. The van der Waals surface area contributed by atoms with Crippen LogP contribution >= 0.6 is 0 Å². The highest BCUT2D eigenvalue weighted by Crippen LogP contribution is 2.46. The van der Waals surface area contributed by atoms with E-state index in [1.807, 2.05) is 0 Å². The third kappa shape index (κ3) is 6.98. The summed E-state index contributed by atoms with van der Waals surface area (Å²) in [7, 11) is -15.2. The van der Waals surface area contributed by atoms with Gasteiger partial charge >= 0.3 is 6.01 Å². The standard InChI is InChI=1S/C29H21N7O11S3/c37-25-23-16(12-18(48(39,40)41)14-21(23)31-28-32-27(33-29(38)34-28)30-17-7-2-1-3-8-17)13-22(49(42,43)44)24(25)36-35-20-11-10-15-6-4-5-9-19(15)26(20)50(45,46)47/h1-14,37H,(H,39,40,41)(H,42,43,44)(H,45,46,47)(H3,30,31,32,33,34,38). The summed E-state index contributed by atoms with van der Waals surface area (Å²) >= 11 is 0. The van der Waals surface area contributed by atoms with Crippen molar-refractivity contribution in [3.8, 4) is 11.8 Å². The molecular weight excluding hydrogens is 719 g/mol. The molecule has 0 fully saturated rings. The van der Waals surface area contributed by atoms with Crippen LogP contribution in [-0.2, 0) is 30.4 Å². The Balaban J connectivity index is 1.57. The molecule has 0 aliphatic rings. The Morgan fingerprint density at radius 1 is 0.620 bits per heavy atom. The van der Waals surface area contributed by atoms with Gasteiger partial charge in [0.15, 0.2) is 5.75 Å². The monoisotopic (exact) mass is 739 g/mol. The molecule has 0 aliphatic heterocycles. The molecule has 0 saturated carbocycles. The van der Waals surface area contributed by atoms with Gasteiger partial charge in [0.05, 0.1) is 10.6 Å². The molecule has 5 aromatic carbocycles. The molecule has 256 valence electrons. The smallest absolute Gasteiger partial charge is 0.320 e. The number of nitrogens with zero attached hydrogens (tertiary/aromatic N) is 5. The number of rotatable bonds is 9. The van der Waals surface area contributed by atoms with E-state index in [4.69, 9.17) is 0 Å². The van der Waals surface area contributed by atoms with Gasteiger partial charge in [0.25, 0.3) is 30.4 Å². The topological polar surface area (TPSA) is 291 Å². The van der Waals surface area contributed by atoms with E-state index in [9.17, 15) is 49.1 Å². The van der Waals surface area contributed by atoms with Gasteiger partial charge in [0, 0.05) is 16.5 Å². The summed E-state index contributed by atoms with van der Waals surface area (Å²) in [6.45, 7) is 0. The lowest BCUT2D eigenvalue weighted by atomic mass is 10.1. The molecule has 0 aliphatic carbocycles. The zero-order chi connectivity index (χ0) is 36.0. The first-order valence-corrected chi connectivity index (χ1v) is 18.0. The van der Waals surface area contributed by atoms with E-state index >= 15 is 0 Å². The van der Waals surface area contributed by atoms with Crippen molar-refractivity contribution in [1.82, 2.24) is 15.0 Å². The molecule has 0 atom stereocenters. The molecule has 1 aromatic heterocycles. The van der Waals surface area contributed by atoms with Gasteiger partial charge in [0.1, 0.15) is 21.2 Å². The van der Waals surface area contributed by atoms with Crippen LogP contribution in [-0.4, -0.2) is 64.1 Å². The first-order chi connectivity index (χ1) is 23.5. The minimum absolute atomic E-state index is 0.0372. The Labute approximate surface area is 282 Å². The second-order valence-corrected chi connectivity index (χ2v) is 14.5. The van der Waals surface area contributed by atoms with E-state index < -0.39 is 85.2 Å². The van der Waals surface area contributed by atoms with E-state index in [1.54, 1.807) is 42.5 Å². The van der Waals surface area contributed by atoms with Crippen molar-refractivity contribution in [2.75, 3.05) is 10.6 Å². The van der Waals surface area contributed by atoms with Crippen molar-refractivity contribution in [2.45, 2.75) is 14.7 Å². The fourth-order valence-corrected chi connectivity index (χ4v) is 6.97. The maximum Gasteiger partial charge on any atom is 0.320 e. The average Bonchev–Trinajstić information content (AvgIpc) is 3.02. The Kier molecular flexibility index (Phi) is 8.55. The van der Waals surface area contributed by atoms with Gasteiger partial charge in [-0.3, -0.25) is 13.7 Å². The molecule has 1 heterocycles. The molecule has 0 unspecified atom stereocenters. The molecule has 6 aromatic rings. The van der Waals surface area contributed by atoms with Crippen LogP contribution in [0.5, 0.6) is 11.8 Å². The normalized spacial score (nSPS) is 12.5. The molecule has 21 heteroatoms. The van der Waals surface area contributed by atoms with Crippen LogP contribution in [0.1, 0.15) is 0 Å². The van der Waals surface area contributed by atoms with E-state index in [0.29, 0.717) is 17.1 Å².